The van der Waals surface area contributed by atoms with E-state index in [0.717, 1.165) is 42.9 Å². The zero-order chi connectivity index (χ0) is 20.3. The number of hydrogen-bond donors (Lipinski definition) is 1. The molecule has 4 aromatic rings. The first-order chi connectivity index (χ1) is 14.8. The van der Waals surface area contributed by atoms with E-state index in [0.29, 0.717) is 40.1 Å². The molecule has 1 aliphatic rings. The maximum absolute atomic E-state index is 9.52. The van der Waals surface area contributed by atoms with E-state index in [4.69, 9.17) is 13.9 Å². The van der Waals surface area contributed by atoms with Gasteiger partial charge in [0.2, 0.25) is 0 Å². The van der Waals surface area contributed by atoms with E-state index in [-0.39, 0.29) is 0 Å². The number of rotatable bonds is 5. The Balaban J connectivity index is 1.43. The Bertz CT molecular complexity index is 1240. The van der Waals surface area contributed by atoms with Crippen molar-refractivity contribution in [2.75, 3.05) is 39.5 Å². The third kappa shape index (κ3) is 3.89. The van der Waals surface area contributed by atoms with Crippen LogP contribution in [0.3, 0.4) is 0 Å². The lowest BCUT2D eigenvalue weighted by Gasteiger charge is -2.26. The van der Waals surface area contributed by atoms with Gasteiger partial charge >= 0.3 is 0 Å². The lowest BCUT2D eigenvalue weighted by Crippen LogP contribution is -2.38. The fourth-order valence-corrected chi connectivity index (χ4v) is 4.31. The zero-order valence-corrected chi connectivity index (χ0v) is 17.1. The van der Waals surface area contributed by atoms with Crippen molar-refractivity contribution in [3.63, 3.8) is 0 Å². The van der Waals surface area contributed by atoms with E-state index in [2.05, 4.69) is 15.0 Å². The summed E-state index contributed by atoms with van der Waals surface area (Å²) in [7, 11) is 0. The zero-order valence-electron chi connectivity index (χ0n) is 16.3. The first-order valence-corrected chi connectivity index (χ1v) is 10.7. The van der Waals surface area contributed by atoms with E-state index < -0.39 is 0 Å². The third-order valence-corrected chi connectivity index (χ3v) is 6.06. The largest absolute Gasteiger partial charge is 0.492 e. The van der Waals surface area contributed by atoms with Gasteiger partial charge in [-0.3, -0.25) is 9.88 Å². The van der Waals surface area contributed by atoms with Gasteiger partial charge in [-0.15, -0.1) is 11.3 Å². The van der Waals surface area contributed by atoms with E-state index in [1.807, 2.05) is 41.9 Å². The highest BCUT2D eigenvalue weighted by Crippen LogP contribution is 2.27. The van der Waals surface area contributed by atoms with Crippen molar-refractivity contribution in [1.29, 1.82) is 0 Å². The molecule has 0 bridgehead atoms. The molecule has 8 heteroatoms. The summed E-state index contributed by atoms with van der Waals surface area (Å²) in [5, 5.41) is 17.2. The van der Waals surface area contributed by atoms with Crippen molar-refractivity contribution in [3.05, 3.63) is 53.3 Å². The summed E-state index contributed by atoms with van der Waals surface area (Å²) in [5.74, 6) is 1.25. The van der Waals surface area contributed by atoms with Crippen LogP contribution in [0.2, 0.25) is 0 Å². The summed E-state index contributed by atoms with van der Waals surface area (Å²) in [5.41, 5.74) is 1.27. The number of nitrogens with zero attached hydrogens (tertiary/aromatic N) is 3. The average molecular weight is 423 g/mol. The van der Waals surface area contributed by atoms with Crippen LogP contribution in [-0.2, 0) is 4.74 Å². The molecule has 30 heavy (non-hydrogen) atoms. The number of aromatic nitrogens is 1. The van der Waals surface area contributed by atoms with Crippen LogP contribution in [0.15, 0.2) is 57.5 Å². The van der Waals surface area contributed by atoms with Crippen LogP contribution in [0.25, 0.3) is 32.5 Å². The predicted molar refractivity (Wildman–Crippen MR) is 115 cm³/mol. The van der Waals surface area contributed by atoms with Gasteiger partial charge in [-0.1, -0.05) is 5.16 Å². The van der Waals surface area contributed by atoms with Gasteiger partial charge in [-0.05, 0) is 35.0 Å². The van der Waals surface area contributed by atoms with Gasteiger partial charge in [-0.2, -0.15) is 0 Å². The molecular weight excluding hydrogens is 402 g/mol. The first kappa shape index (κ1) is 19.0. The summed E-state index contributed by atoms with van der Waals surface area (Å²) in [6, 6.07) is 11.3. The van der Waals surface area contributed by atoms with Crippen LogP contribution < -0.4 is 10.1 Å². The Hall–Kier alpha value is -2.94. The second-order valence-electron chi connectivity index (χ2n) is 7.08. The topological polar surface area (TPSA) is 80.3 Å². The number of thiophene rings is 1. The van der Waals surface area contributed by atoms with Crippen LogP contribution in [-0.4, -0.2) is 54.5 Å². The molecule has 1 fully saturated rings. The maximum atomic E-state index is 9.52. The van der Waals surface area contributed by atoms with Gasteiger partial charge < -0.3 is 19.1 Å². The maximum Gasteiger partial charge on any atom is 0.155 e. The molecule has 154 valence electrons. The second-order valence-corrected chi connectivity index (χ2v) is 8.03. The fourth-order valence-electron chi connectivity index (χ4n) is 3.57. The summed E-state index contributed by atoms with van der Waals surface area (Å²) in [6.07, 6.45) is 1.83. The van der Waals surface area contributed by atoms with E-state index in [9.17, 15) is 5.21 Å². The quantitative estimate of drug-likeness (QED) is 0.389. The molecule has 1 N–H and O–H groups in total. The monoisotopic (exact) mass is 423 g/mol. The SMILES string of the molecule is O/N=c1\cc(-c2cc3ccsc3cn2)oc2cc(OCCN3CCOCC3)ccc12. The smallest absolute Gasteiger partial charge is 0.155 e. The van der Waals surface area contributed by atoms with Crippen molar-refractivity contribution in [2.24, 2.45) is 5.16 Å². The highest BCUT2D eigenvalue weighted by molar-refractivity contribution is 7.17. The van der Waals surface area contributed by atoms with Gasteiger partial charge in [0.1, 0.15) is 29.0 Å². The van der Waals surface area contributed by atoms with Crippen molar-refractivity contribution < 1.29 is 19.1 Å². The molecule has 5 rings (SSSR count). The van der Waals surface area contributed by atoms with Crippen molar-refractivity contribution in [3.8, 4) is 17.2 Å². The van der Waals surface area contributed by atoms with Crippen molar-refractivity contribution >= 4 is 32.4 Å². The Kier molecular flexibility index (Phi) is 5.35. The Morgan fingerprint density at radius 1 is 1.17 bits per heavy atom. The minimum atomic E-state index is 0.429. The standard InChI is InChI=1S/C22H21N3O4S/c26-24-18-13-21(19-11-15-3-10-30-22(15)14-23-19)29-20-12-16(1-2-17(18)20)28-9-6-25-4-7-27-8-5-25/h1-3,10-14,26H,4-9H2/b24-18+. The van der Waals surface area contributed by atoms with Gasteiger partial charge in [0.05, 0.1) is 17.9 Å². The van der Waals surface area contributed by atoms with E-state index in [1.165, 1.54) is 0 Å². The minimum Gasteiger partial charge on any atom is -0.492 e. The van der Waals surface area contributed by atoms with Crippen LogP contribution in [0.1, 0.15) is 0 Å². The van der Waals surface area contributed by atoms with E-state index in [1.54, 1.807) is 17.4 Å². The predicted octanol–water partition coefficient (Wildman–Crippen LogP) is 3.71. The van der Waals surface area contributed by atoms with Crippen molar-refractivity contribution in [2.45, 2.75) is 0 Å². The molecule has 7 nitrogen and oxygen atoms in total. The molecule has 1 aliphatic heterocycles. The number of morpholine rings is 1. The summed E-state index contributed by atoms with van der Waals surface area (Å²) < 4.78 is 18.5. The molecule has 4 heterocycles. The highest BCUT2D eigenvalue weighted by atomic mass is 32.1. The number of ether oxygens (including phenoxy) is 2. The Morgan fingerprint density at radius 3 is 2.93 bits per heavy atom. The van der Waals surface area contributed by atoms with Crippen molar-refractivity contribution in [1.82, 2.24) is 9.88 Å². The molecule has 0 radical (unpaired) electrons. The molecule has 1 saturated heterocycles. The Labute approximate surface area is 176 Å². The molecule has 0 atom stereocenters. The normalized spacial score (nSPS) is 15.8. The van der Waals surface area contributed by atoms with Crippen LogP contribution >= 0.6 is 11.3 Å². The molecular formula is C22H21N3O4S. The summed E-state index contributed by atoms with van der Waals surface area (Å²) >= 11 is 1.64. The molecule has 0 spiro atoms. The first-order valence-electron chi connectivity index (χ1n) is 9.83. The average Bonchev–Trinajstić information content (AvgIpc) is 3.27. The van der Waals surface area contributed by atoms with Crippen LogP contribution in [0.4, 0.5) is 0 Å². The van der Waals surface area contributed by atoms with Gasteiger partial charge in [0.15, 0.2) is 5.76 Å². The van der Waals surface area contributed by atoms with Crippen LogP contribution in [0.5, 0.6) is 5.75 Å². The fraction of sp³-hybridized carbons (Fsp3) is 0.273. The summed E-state index contributed by atoms with van der Waals surface area (Å²) in [6.45, 7) is 4.84. The van der Waals surface area contributed by atoms with Gasteiger partial charge in [0, 0.05) is 43.4 Å². The van der Waals surface area contributed by atoms with Gasteiger partial charge in [0.25, 0.3) is 0 Å². The summed E-state index contributed by atoms with van der Waals surface area (Å²) in [4.78, 5) is 6.82. The second kappa shape index (κ2) is 8.43. The number of fused-ring (bicyclic) bond motifs is 2. The molecule has 0 saturated carbocycles. The number of hydrogen-bond acceptors (Lipinski definition) is 8. The lowest BCUT2D eigenvalue weighted by atomic mass is 10.1. The third-order valence-electron chi connectivity index (χ3n) is 5.20. The van der Waals surface area contributed by atoms with Gasteiger partial charge in [-0.25, -0.2) is 0 Å². The Morgan fingerprint density at radius 2 is 2.07 bits per heavy atom. The minimum absolute atomic E-state index is 0.429. The number of benzene rings is 1. The lowest BCUT2D eigenvalue weighted by molar-refractivity contribution is 0.0322. The molecule has 0 aliphatic carbocycles. The number of pyridine rings is 1. The molecule has 3 aromatic heterocycles. The highest BCUT2D eigenvalue weighted by Gasteiger charge is 2.12. The van der Waals surface area contributed by atoms with E-state index >= 15 is 0 Å². The van der Waals surface area contributed by atoms with Crippen LogP contribution in [0, 0.1) is 0 Å². The molecule has 0 amide bonds. The molecule has 0 unspecified atom stereocenters. The molecule has 1 aromatic carbocycles.